The van der Waals surface area contributed by atoms with Gasteiger partial charge in [0.25, 0.3) is 0 Å². The van der Waals surface area contributed by atoms with E-state index >= 15 is 0 Å². The van der Waals surface area contributed by atoms with E-state index in [0.29, 0.717) is 6.61 Å². The minimum atomic E-state index is -0.596. The molecule has 24 heavy (non-hydrogen) atoms. The Balaban J connectivity index is 1.40. The molecular formula is C18H24ClNO4. The lowest BCUT2D eigenvalue weighted by Crippen LogP contribution is -2.53. The van der Waals surface area contributed by atoms with Gasteiger partial charge in [-0.2, -0.15) is 0 Å². The first-order valence-corrected chi connectivity index (χ1v) is 8.99. The van der Waals surface area contributed by atoms with Crippen LogP contribution in [0.3, 0.4) is 0 Å². The third-order valence-electron chi connectivity index (χ3n) is 5.45. The number of ether oxygens (including phenoxy) is 3. The van der Waals surface area contributed by atoms with Gasteiger partial charge in [0.1, 0.15) is 0 Å². The smallest absolute Gasteiger partial charge is 0.231 e. The van der Waals surface area contributed by atoms with E-state index in [-0.39, 0.29) is 12.4 Å². The summed E-state index contributed by atoms with van der Waals surface area (Å²) in [7, 11) is 0. The van der Waals surface area contributed by atoms with Gasteiger partial charge in [-0.25, -0.2) is 0 Å². The Morgan fingerprint density at radius 2 is 1.88 bits per heavy atom. The van der Waals surface area contributed by atoms with E-state index in [9.17, 15) is 5.11 Å². The third kappa shape index (κ3) is 3.23. The van der Waals surface area contributed by atoms with Crippen molar-refractivity contribution in [3.05, 3.63) is 22.7 Å². The zero-order chi connectivity index (χ0) is 16.8. The van der Waals surface area contributed by atoms with Crippen LogP contribution in [-0.2, 0) is 11.3 Å². The summed E-state index contributed by atoms with van der Waals surface area (Å²) in [6.45, 7) is 5.53. The fraction of sp³-hybridized carbons (Fsp3) is 0.667. The average Bonchev–Trinajstić information content (AvgIpc) is 2.96. The lowest BCUT2D eigenvalue weighted by atomic mass is 9.78. The lowest BCUT2D eigenvalue weighted by molar-refractivity contribution is -0.173. The van der Waals surface area contributed by atoms with Crippen LogP contribution in [0.2, 0.25) is 5.02 Å². The maximum Gasteiger partial charge on any atom is 0.231 e. The predicted molar refractivity (Wildman–Crippen MR) is 90.6 cm³/mol. The molecule has 0 aromatic heterocycles. The van der Waals surface area contributed by atoms with Crippen LogP contribution >= 0.6 is 11.6 Å². The van der Waals surface area contributed by atoms with Gasteiger partial charge in [-0.3, -0.25) is 4.90 Å². The van der Waals surface area contributed by atoms with Crippen LogP contribution in [-0.4, -0.2) is 47.7 Å². The Morgan fingerprint density at radius 3 is 2.58 bits per heavy atom. The van der Waals surface area contributed by atoms with Gasteiger partial charge < -0.3 is 19.3 Å². The number of likely N-dealkylation sites (tertiary alicyclic amines) is 1. The SMILES string of the molecule is CC1(O)CCOC2(CCN(Cc3cc4c(cc3Cl)OCO4)CC2)C1. The number of piperidine rings is 1. The molecule has 1 aromatic rings. The van der Waals surface area contributed by atoms with Crippen molar-refractivity contribution in [2.24, 2.45) is 0 Å². The molecule has 3 heterocycles. The second kappa shape index (κ2) is 6.06. The van der Waals surface area contributed by atoms with Gasteiger partial charge in [0.05, 0.1) is 17.8 Å². The standard InChI is InChI=1S/C18H24ClNO4/c1-17(21)4-7-24-18(11-17)2-5-20(6-3-18)10-13-8-15-16(9-14(13)19)23-12-22-15/h8-9,21H,2-7,10-12H2,1H3. The summed E-state index contributed by atoms with van der Waals surface area (Å²) in [5, 5.41) is 11.1. The van der Waals surface area contributed by atoms with Crippen molar-refractivity contribution in [2.75, 3.05) is 26.5 Å². The van der Waals surface area contributed by atoms with Crippen LogP contribution in [0.1, 0.15) is 38.2 Å². The minimum Gasteiger partial charge on any atom is -0.454 e. The molecule has 3 aliphatic heterocycles. The summed E-state index contributed by atoms with van der Waals surface area (Å²) >= 11 is 6.39. The van der Waals surface area contributed by atoms with E-state index in [4.69, 9.17) is 25.8 Å². The normalized spacial score (nSPS) is 29.1. The molecule has 0 radical (unpaired) electrons. The number of nitrogens with zero attached hydrogens (tertiary/aromatic N) is 1. The fourth-order valence-electron chi connectivity index (χ4n) is 4.08. The van der Waals surface area contributed by atoms with Crippen molar-refractivity contribution in [1.82, 2.24) is 4.90 Å². The van der Waals surface area contributed by atoms with Crippen LogP contribution < -0.4 is 9.47 Å². The van der Waals surface area contributed by atoms with Crippen molar-refractivity contribution in [3.63, 3.8) is 0 Å². The molecule has 2 fully saturated rings. The second-order valence-electron chi connectivity index (χ2n) is 7.53. The molecule has 1 spiro atoms. The Bertz CT molecular complexity index is 626. The van der Waals surface area contributed by atoms with Crippen molar-refractivity contribution in [2.45, 2.75) is 50.4 Å². The number of halogens is 1. The van der Waals surface area contributed by atoms with Crippen molar-refractivity contribution >= 4 is 11.6 Å². The number of rotatable bonds is 2. The van der Waals surface area contributed by atoms with E-state index in [1.165, 1.54) is 0 Å². The molecular weight excluding hydrogens is 330 g/mol. The Morgan fingerprint density at radius 1 is 1.17 bits per heavy atom. The molecule has 6 heteroatoms. The Hall–Kier alpha value is -1.01. The van der Waals surface area contributed by atoms with E-state index in [0.717, 1.165) is 67.4 Å². The Kier molecular flexibility index (Phi) is 4.15. The van der Waals surface area contributed by atoms with Gasteiger partial charge in [0.15, 0.2) is 11.5 Å². The molecule has 2 saturated heterocycles. The van der Waals surface area contributed by atoms with Crippen molar-refractivity contribution < 1.29 is 19.3 Å². The molecule has 5 nitrogen and oxygen atoms in total. The topological polar surface area (TPSA) is 51.2 Å². The van der Waals surface area contributed by atoms with E-state index in [1.807, 2.05) is 19.1 Å². The second-order valence-corrected chi connectivity index (χ2v) is 7.94. The number of benzene rings is 1. The van der Waals surface area contributed by atoms with Crippen LogP contribution in [0.25, 0.3) is 0 Å². The highest BCUT2D eigenvalue weighted by Gasteiger charge is 2.44. The van der Waals surface area contributed by atoms with Gasteiger partial charge in [-0.15, -0.1) is 0 Å². The maximum atomic E-state index is 10.4. The lowest BCUT2D eigenvalue weighted by Gasteiger charge is -2.48. The number of hydrogen-bond acceptors (Lipinski definition) is 5. The highest BCUT2D eigenvalue weighted by atomic mass is 35.5. The molecule has 1 aromatic carbocycles. The Labute approximate surface area is 147 Å². The summed E-state index contributed by atoms with van der Waals surface area (Å²) < 4.78 is 16.9. The minimum absolute atomic E-state index is 0.156. The van der Waals surface area contributed by atoms with Gasteiger partial charge in [0, 0.05) is 37.1 Å². The van der Waals surface area contributed by atoms with Gasteiger partial charge in [-0.05, 0) is 37.8 Å². The van der Waals surface area contributed by atoms with Gasteiger partial charge in [-0.1, -0.05) is 11.6 Å². The fourth-order valence-corrected chi connectivity index (χ4v) is 4.30. The first-order chi connectivity index (χ1) is 11.4. The number of hydrogen-bond donors (Lipinski definition) is 1. The number of aliphatic hydroxyl groups is 1. The molecule has 132 valence electrons. The maximum absolute atomic E-state index is 10.4. The molecule has 4 rings (SSSR count). The summed E-state index contributed by atoms with van der Waals surface area (Å²) in [5.74, 6) is 1.49. The quantitative estimate of drug-likeness (QED) is 0.885. The van der Waals surface area contributed by atoms with Gasteiger partial charge in [0.2, 0.25) is 6.79 Å². The van der Waals surface area contributed by atoms with Crippen molar-refractivity contribution in [3.8, 4) is 11.5 Å². The molecule has 1 N–H and O–H groups in total. The zero-order valence-corrected chi connectivity index (χ0v) is 14.8. The van der Waals surface area contributed by atoms with Crippen molar-refractivity contribution in [1.29, 1.82) is 0 Å². The number of fused-ring (bicyclic) bond motifs is 1. The monoisotopic (exact) mass is 353 g/mol. The molecule has 0 aliphatic carbocycles. The van der Waals surface area contributed by atoms with Crippen LogP contribution in [0.5, 0.6) is 11.5 Å². The zero-order valence-electron chi connectivity index (χ0n) is 14.0. The van der Waals surface area contributed by atoms with Crippen LogP contribution in [0.4, 0.5) is 0 Å². The molecule has 0 saturated carbocycles. The summed E-state index contributed by atoms with van der Waals surface area (Å²) in [5.41, 5.74) is 0.311. The highest BCUT2D eigenvalue weighted by Crippen LogP contribution is 2.41. The first-order valence-electron chi connectivity index (χ1n) is 8.62. The average molecular weight is 354 g/mol. The predicted octanol–water partition coefficient (Wildman–Crippen LogP) is 2.96. The van der Waals surface area contributed by atoms with Gasteiger partial charge >= 0.3 is 0 Å². The van der Waals surface area contributed by atoms with E-state index in [2.05, 4.69) is 4.90 Å². The van der Waals surface area contributed by atoms with E-state index < -0.39 is 5.60 Å². The molecule has 1 unspecified atom stereocenters. The molecule has 0 bridgehead atoms. The third-order valence-corrected chi connectivity index (χ3v) is 5.81. The first kappa shape index (κ1) is 16.5. The largest absolute Gasteiger partial charge is 0.454 e. The van der Waals surface area contributed by atoms with E-state index in [1.54, 1.807) is 0 Å². The summed E-state index contributed by atoms with van der Waals surface area (Å²) in [6, 6.07) is 3.82. The molecule has 3 aliphatic rings. The molecule has 1 atom stereocenters. The highest BCUT2D eigenvalue weighted by molar-refractivity contribution is 6.31. The molecule has 0 amide bonds. The summed E-state index contributed by atoms with van der Waals surface area (Å²) in [6.07, 6.45) is 3.36. The summed E-state index contributed by atoms with van der Waals surface area (Å²) in [4.78, 5) is 2.39. The van der Waals surface area contributed by atoms with Crippen LogP contribution in [0.15, 0.2) is 12.1 Å². The van der Waals surface area contributed by atoms with Crippen LogP contribution in [0, 0.1) is 0 Å².